The number of aromatic nitrogens is 5. The number of aryl methyl sites for hydroxylation is 6. The van der Waals surface area contributed by atoms with E-state index in [-0.39, 0.29) is 25.9 Å². The van der Waals surface area contributed by atoms with Crippen LogP contribution in [0.3, 0.4) is 0 Å². The molecule has 0 unspecified atom stereocenters. The third-order valence-corrected chi connectivity index (χ3v) is 13.0. The fourth-order valence-corrected chi connectivity index (χ4v) is 9.29. The Kier molecular flexibility index (Phi) is 8.62. The number of imidazole rings is 2. The molecule has 0 bridgehead atoms. The van der Waals surface area contributed by atoms with E-state index in [1.807, 2.05) is 12.3 Å². The van der Waals surface area contributed by atoms with E-state index in [4.69, 9.17) is 0 Å². The van der Waals surface area contributed by atoms with Crippen molar-refractivity contribution in [2.75, 3.05) is 0 Å². The average molecular weight is 672 g/mol. The number of hydrogen-bond acceptors (Lipinski definition) is 1. The Morgan fingerprint density at radius 1 is 0.580 bits per heavy atom. The number of fused-ring (bicyclic) bond motifs is 9. The first-order chi connectivity index (χ1) is 22.4. The lowest BCUT2D eigenvalue weighted by Gasteiger charge is -2.19. The molecule has 0 saturated heterocycles. The minimum absolute atomic E-state index is 0. The molecule has 6 aromatic rings. The highest BCUT2D eigenvalue weighted by Gasteiger charge is 2.47. The van der Waals surface area contributed by atoms with E-state index in [2.05, 4.69) is 152 Å². The molecule has 8 rings (SSSR count). The van der Waals surface area contributed by atoms with E-state index < -0.39 is 0 Å². The molecule has 0 spiro atoms. The van der Waals surface area contributed by atoms with E-state index >= 15 is 0 Å². The number of hydrogen-bond donors (Lipinski definition) is 0. The van der Waals surface area contributed by atoms with E-state index in [0.29, 0.717) is 0 Å². The van der Waals surface area contributed by atoms with Gasteiger partial charge in [0.1, 0.15) is 22.5 Å². The van der Waals surface area contributed by atoms with Crippen molar-refractivity contribution in [2.24, 2.45) is 0 Å². The van der Waals surface area contributed by atoms with Crippen molar-refractivity contribution in [1.29, 1.82) is 0 Å². The Balaban J connectivity index is 0.000000193. The van der Waals surface area contributed by atoms with Crippen LogP contribution in [-0.2, 0) is 11.1 Å². The zero-order valence-electron chi connectivity index (χ0n) is 32.1. The highest BCUT2D eigenvalue weighted by atomic mass is 15.2. The van der Waals surface area contributed by atoms with Crippen molar-refractivity contribution in [3.8, 4) is 11.3 Å². The summed E-state index contributed by atoms with van der Waals surface area (Å²) in [4.78, 5) is 4.62. The van der Waals surface area contributed by atoms with Crippen LogP contribution in [0.15, 0.2) is 36.0 Å². The highest BCUT2D eigenvalue weighted by molar-refractivity contribution is 5.91. The molecule has 0 amide bonds. The van der Waals surface area contributed by atoms with Gasteiger partial charge in [0.15, 0.2) is 22.4 Å². The molecule has 0 fully saturated rings. The van der Waals surface area contributed by atoms with Crippen molar-refractivity contribution < 1.29 is 9.13 Å². The lowest BCUT2D eigenvalue weighted by Crippen LogP contribution is -2.53. The lowest BCUT2D eigenvalue weighted by molar-refractivity contribution is -0.748. The molecule has 5 aromatic heterocycles. The van der Waals surface area contributed by atoms with Gasteiger partial charge in [-0.15, -0.1) is 0 Å². The van der Waals surface area contributed by atoms with Gasteiger partial charge in [-0.05, 0) is 143 Å². The van der Waals surface area contributed by atoms with E-state index in [0.717, 1.165) is 5.52 Å². The number of pyridine rings is 3. The van der Waals surface area contributed by atoms with Crippen LogP contribution in [0.4, 0.5) is 0 Å². The molecule has 5 heteroatoms. The predicted molar refractivity (Wildman–Crippen MR) is 213 cm³/mol. The monoisotopic (exact) mass is 671 g/mol. The zero-order valence-corrected chi connectivity index (χ0v) is 32.1. The first-order valence-electron chi connectivity index (χ1n) is 17.5. The molecule has 7 heterocycles. The first kappa shape index (κ1) is 37.0. The number of allylic oxidation sites excluding steroid dienone is 2. The van der Waals surface area contributed by atoms with Gasteiger partial charge in [-0.3, -0.25) is 4.98 Å². The number of nitrogens with zero attached hydrogens (tertiary/aromatic N) is 5. The van der Waals surface area contributed by atoms with Gasteiger partial charge in [0.2, 0.25) is 0 Å². The van der Waals surface area contributed by atoms with Crippen LogP contribution in [0.25, 0.3) is 38.8 Å². The van der Waals surface area contributed by atoms with Gasteiger partial charge in [0.05, 0.1) is 5.52 Å². The molecule has 2 aliphatic rings. The summed E-state index contributed by atoms with van der Waals surface area (Å²) in [5.74, 6) is 2.63. The fraction of sp³-hybridized carbons (Fsp3) is 0.444. The van der Waals surface area contributed by atoms with Gasteiger partial charge in [0.25, 0.3) is 11.6 Å². The van der Waals surface area contributed by atoms with Gasteiger partial charge in [-0.1, -0.05) is 20.9 Å². The summed E-state index contributed by atoms with van der Waals surface area (Å²) in [7, 11) is 0. The second-order valence-electron chi connectivity index (χ2n) is 15.7. The van der Waals surface area contributed by atoms with Crippen LogP contribution in [0.2, 0.25) is 0 Å². The molecule has 5 nitrogen and oxygen atoms in total. The van der Waals surface area contributed by atoms with Gasteiger partial charge < -0.3 is 0 Å². The largest absolute Gasteiger partial charge is 0.259 e. The quantitative estimate of drug-likeness (QED) is 0.148. The summed E-state index contributed by atoms with van der Waals surface area (Å²) in [5, 5.41) is 1.21. The summed E-state index contributed by atoms with van der Waals surface area (Å²) in [6.07, 6.45) is 1.88. The van der Waals surface area contributed by atoms with Crippen LogP contribution in [0, 0.1) is 69.2 Å². The minimum atomic E-state index is -0.0918. The third kappa shape index (κ3) is 4.40. The van der Waals surface area contributed by atoms with Crippen LogP contribution in [-0.4, -0.2) is 13.8 Å². The van der Waals surface area contributed by atoms with Gasteiger partial charge in [0, 0.05) is 53.3 Å². The number of rotatable bonds is 0. The average Bonchev–Trinajstić information content (AvgIpc) is 3.67. The normalized spacial score (nSPS) is 15.1. The second kappa shape index (κ2) is 11.6. The SMILES string of the molecule is C.C.CC1=C(C)C(C)(C)[n+]2c1c1c(C)c(C)c(C)c(C)n1c2C.Cc1c(C)c(C)n2c(C)[n+]3c(c2c1C)-c1cc2ncccc2cc1C3(C)C. The molecule has 264 valence electrons. The van der Waals surface area contributed by atoms with Crippen molar-refractivity contribution in [2.45, 2.75) is 137 Å². The molecule has 2 aliphatic heterocycles. The van der Waals surface area contributed by atoms with E-state index in [1.54, 1.807) is 0 Å². The molecular weight excluding hydrogens is 611 g/mol. The topological polar surface area (TPSA) is 29.5 Å². The van der Waals surface area contributed by atoms with Crippen LogP contribution < -0.4 is 9.13 Å². The maximum absolute atomic E-state index is 4.62. The van der Waals surface area contributed by atoms with Crippen molar-refractivity contribution >= 4 is 27.5 Å². The van der Waals surface area contributed by atoms with Crippen molar-refractivity contribution in [3.63, 3.8) is 0 Å². The molecule has 0 radical (unpaired) electrons. The van der Waals surface area contributed by atoms with Crippen LogP contribution in [0.1, 0.15) is 124 Å². The Bertz CT molecular complexity index is 2460. The molecule has 0 atom stereocenters. The van der Waals surface area contributed by atoms with Crippen LogP contribution >= 0.6 is 0 Å². The summed E-state index contributed by atoms with van der Waals surface area (Å²) < 4.78 is 9.99. The summed E-state index contributed by atoms with van der Waals surface area (Å²) in [6, 6.07) is 8.81. The molecule has 1 aromatic carbocycles. The van der Waals surface area contributed by atoms with Crippen LogP contribution in [0.5, 0.6) is 0 Å². The maximum Gasteiger partial charge on any atom is 0.259 e. The Hall–Kier alpha value is -4.25. The van der Waals surface area contributed by atoms with E-state index in [9.17, 15) is 0 Å². The van der Waals surface area contributed by atoms with Gasteiger partial charge in [-0.2, -0.15) is 8.80 Å². The standard InChI is InChI=1S/C24H26N3.C19H27N2.2CH4/c1-13-14(2)16(4)26-17(5)27-23(22(26)15(13)3)19-12-21-18(9-8-10-25-21)11-20(19)24(27,6)7;1-10-11(2)15(6)20-16(7)21-18(17(20)12(10)3)13(4)14(5)19(21,8)9;;/h8-12H,1-7H3;1-9H3;2*1H4/q2*+1;;. The van der Waals surface area contributed by atoms with Gasteiger partial charge >= 0.3 is 0 Å². The molecule has 50 heavy (non-hydrogen) atoms. The Morgan fingerprint density at radius 2 is 1.06 bits per heavy atom. The minimum Gasteiger partial charge on any atom is -0.256 e. The van der Waals surface area contributed by atoms with E-state index in [1.165, 1.54) is 106 Å². The second-order valence-corrected chi connectivity index (χ2v) is 15.7. The molecule has 0 aliphatic carbocycles. The molecular formula is C45H61N5+2. The molecule has 0 N–H and O–H groups in total. The molecule has 0 saturated carbocycles. The summed E-state index contributed by atoms with van der Waals surface area (Å²) >= 11 is 0. The first-order valence-corrected chi connectivity index (χ1v) is 17.5. The highest BCUT2D eigenvalue weighted by Crippen LogP contribution is 2.44. The Labute approximate surface area is 301 Å². The number of benzene rings is 1. The smallest absolute Gasteiger partial charge is 0.256 e. The fourth-order valence-electron chi connectivity index (χ4n) is 9.29. The maximum atomic E-state index is 4.62. The lowest BCUT2D eigenvalue weighted by atomic mass is 9.91. The Morgan fingerprint density at radius 3 is 1.58 bits per heavy atom. The summed E-state index contributed by atoms with van der Waals surface area (Å²) in [5.41, 5.74) is 23.3. The van der Waals surface area contributed by atoms with Crippen molar-refractivity contribution in [3.05, 3.63) is 104 Å². The van der Waals surface area contributed by atoms with Gasteiger partial charge in [-0.25, -0.2) is 9.13 Å². The third-order valence-electron chi connectivity index (χ3n) is 13.0. The van der Waals surface area contributed by atoms with Crippen molar-refractivity contribution in [1.82, 2.24) is 13.8 Å². The predicted octanol–water partition coefficient (Wildman–Crippen LogP) is 10.7. The summed E-state index contributed by atoms with van der Waals surface area (Å²) in [6.45, 7) is 36.4. The zero-order chi connectivity index (χ0) is 35.1.